The number of carbonyl (C=O) groups excluding carboxylic acids is 1. The van der Waals surface area contributed by atoms with Crippen LogP contribution in [0.5, 0.6) is 0 Å². The highest BCUT2D eigenvalue weighted by molar-refractivity contribution is 5.72. The van der Waals surface area contributed by atoms with Gasteiger partial charge < -0.3 is 30.1 Å². The average Bonchev–Trinajstić information content (AvgIpc) is 2.60. The molecule has 1 aromatic rings. The van der Waals surface area contributed by atoms with Crippen molar-refractivity contribution in [1.82, 2.24) is 10.8 Å². The largest absolute Gasteiger partial charge is 0.388 e. The molecule has 1 saturated heterocycles. The second-order valence-electron chi connectivity index (χ2n) is 5.34. The first-order valence-electron chi connectivity index (χ1n) is 7.45. The van der Waals surface area contributed by atoms with Crippen LogP contribution in [0.1, 0.15) is 5.56 Å². The van der Waals surface area contributed by atoms with E-state index in [9.17, 15) is 20.1 Å². The molecule has 0 aliphatic carbocycles. The Morgan fingerprint density at radius 2 is 1.88 bits per heavy atom. The first-order valence-corrected chi connectivity index (χ1v) is 7.45. The van der Waals surface area contributed by atoms with E-state index in [2.05, 4.69) is 10.8 Å². The number of hydroxylamine groups is 1. The fourth-order valence-electron chi connectivity index (χ4n) is 2.27. The summed E-state index contributed by atoms with van der Waals surface area (Å²) in [5.74, 6) is 0. The molecule has 5 atom stereocenters. The van der Waals surface area contributed by atoms with Crippen LogP contribution in [0.25, 0.3) is 0 Å². The Morgan fingerprint density at radius 3 is 2.54 bits per heavy atom. The summed E-state index contributed by atoms with van der Waals surface area (Å²) in [6, 6.07) is 8.65. The van der Waals surface area contributed by atoms with Gasteiger partial charge in [-0.25, -0.2) is 10.3 Å². The third-order valence-corrected chi connectivity index (χ3v) is 3.61. The zero-order chi connectivity index (χ0) is 17.5. The Bertz CT molecular complexity index is 514. The fraction of sp³-hybridized carbons (Fsp3) is 0.533. The molecule has 1 aromatic carbocycles. The molecule has 134 valence electrons. The predicted octanol–water partition coefficient (Wildman–Crippen LogP) is -1.13. The molecule has 0 unspecified atom stereocenters. The van der Waals surface area contributed by atoms with Gasteiger partial charge in [0, 0.05) is 13.7 Å². The number of rotatable bonds is 6. The highest BCUT2D eigenvalue weighted by Crippen LogP contribution is 2.21. The lowest BCUT2D eigenvalue weighted by Gasteiger charge is -2.39. The van der Waals surface area contributed by atoms with Crippen molar-refractivity contribution in [3.05, 3.63) is 35.9 Å². The molecular formula is C15H22N2O7. The molecule has 0 spiro atoms. The standard InChI is InChI=1S/C15H22N2O7/c1-22-14-13(20)12(19)11(18)10(24-14)7-16-15(21)17-23-8-9-5-3-2-4-6-9/h2-6,10-14,18-20H,7-8H2,1H3,(H2,16,17,21)/t10-,11-,12+,13-,14+/m1/s1. The molecule has 2 amide bonds. The number of aliphatic hydroxyl groups is 3. The van der Waals surface area contributed by atoms with Crippen LogP contribution in [-0.4, -0.2) is 65.7 Å². The number of amides is 2. The van der Waals surface area contributed by atoms with E-state index in [4.69, 9.17) is 14.3 Å². The van der Waals surface area contributed by atoms with Crippen molar-refractivity contribution >= 4 is 6.03 Å². The highest BCUT2D eigenvalue weighted by atomic mass is 16.7. The van der Waals surface area contributed by atoms with Crippen LogP contribution < -0.4 is 10.8 Å². The van der Waals surface area contributed by atoms with Gasteiger partial charge in [-0.1, -0.05) is 30.3 Å². The Kier molecular flexibility index (Phi) is 6.91. The average molecular weight is 342 g/mol. The van der Waals surface area contributed by atoms with Gasteiger partial charge in [-0.3, -0.25) is 4.84 Å². The molecule has 1 fully saturated rings. The van der Waals surface area contributed by atoms with Gasteiger partial charge in [0.25, 0.3) is 0 Å². The Labute approximate surface area is 139 Å². The number of benzene rings is 1. The van der Waals surface area contributed by atoms with Crippen molar-refractivity contribution in [2.45, 2.75) is 37.3 Å². The van der Waals surface area contributed by atoms with E-state index in [1.165, 1.54) is 7.11 Å². The van der Waals surface area contributed by atoms with Gasteiger partial charge in [0.05, 0.1) is 6.61 Å². The summed E-state index contributed by atoms with van der Waals surface area (Å²) >= 11 is 0. The number of carbonyl (C=O) groups is 1. The minimum absolute atomic E-state index is 0.106. The fourth-order valence-corrected chi connectivity index (χ4v) is 2.27. The van der Waals surface area contributed by atoms with E-state index in [0.717, 1.165) is 5.56 Å². The van der Waals surface area contributed by atoms with Gasteiger partial charge >= 0.3 is 6.03 Å². The van der Waals surface area contributed by atoms with Crippen LogP contribution in [0, 0.1) is 0 Å². The summed E-state index contributed by atoms with van der Waals surface area (Å²) in [5.41, 5.74) is 3.09. The zero-order valence-electron chi connectivity index (χ0n) is 13.2. The van der Waals surface area contributed by atoms with Crippen LogP contribution in [0.3, 0.4) is 0 Å². The van der Waals surface area contributed by atoms with Crippen molar-refractivity contribution in [2.24, 2.45) is 0 Å². The number of hydrogen-bond acceptors (Lipinski definition) is 7. The van der Waals surface area contributed by atoms with Crippen LogP contribution in [-0.2, 0) is 20.9 Å². The summed E-state index contributed by atoms with van der Waals surface area (Å²) in [4.78, 5) is 16.7. The van der Waals surface area contributed by atoms with Crippen LogP contribution in [0.15, 0.2) is 30.3 Å². The molecule has 0 radical (unpaired) electrons. The first-order chi connectivity index (χ1) is 11.5. The lowest BCUT2D eigenvalue weighted by molar-refractivity contribution is -0.288. The monoisotopic (exact) mass is 342 g/mol. The molecule has 1 aliphatic rings. The molecular weight excluding hydrogens is 320 g/mol. The topological polar surface area (TPSA) is 130 Å². The lowest BCUT2D eigenvalue weighted by atomic mass is 9.99. The van der Waals surface area contributed by atoms with Crippen molar-refractivity contribution in [2.75, 3.05) is 13.7 Å². The summed E-state index contributed by atoms with van der Waals surface area (Å²) < 4.78 is 10.2. The van der Waals surface area contributed by atoms with Crippen molar-refractivity contribution in [1.29, 1.82) is 0 Å². The molecule has 5 N–H and O–H groups in total. The minimum atomic E-state index is -1.44. The van der Waals surface area contributed by atoms with E-state index in [0.29, 0.717) is 0 Å². The van der Waals surface area contributed by atoms with E-state index in [-0.39, 0.29) is 13.2 Å². The Balaban J connectivity index is 1.72. The minimum Gasteiger partial charge on any atom is -0.388 e. The number of aliphatic hydroxyl groups excluding tert-OH is 3. The summed E-state index contributed by atoms with van der Waals surface area (Å²) in [6.07, 6.45) is -6.20. The van der Waals surface area contributed by atoms with Gasteiger partial charge in [-0.15, -0.1) is 0 Å². The summed E-state index contributed by atoms with van der Waals surface area (Å²) in [7, 11) is 1.30. The van der Waals surface area contributed by atoms with Gasteiger partial charge in [-0.2, -0.15) is 0 Å². The number of nitrogens with one attached hydrogen (secondary N) is 2. The van der Waals surface area contributed by atoms with Crippen molar-refractivity contribution in [3.63, 3.8) is 0 Å². The third kappa shape index (κ3) is 4.87. The highest BCUT2D eigenvalue weighted by Gasteiger charge is 2.43. The number of methoxy groups -OCH3 is 1. The number of ether oxygens (including phenoxy) is 2. The molecule has 0 saturated carbocycles. The lowest BCUT2D eigenvalue weighted by Crippen LogP contribution is -2.60. The van der Waals surface area contributed by atoms with E-state index in [1.807, 2.05) is 30.3 Å². The van der Waals surface area contributed by atoms with Gasteiger partial charge in [0.2, 0.25) is 0 Å². The molecule has 24 heavy (non-hydrogen) atoms. The third-order valence-electron chi connectivity index (χ3n) is 3.61. The molecule has 2 rings (SSSR count). The smallest absolute Gasteiger partial charge is 0.338 e. The predicted molar refractivity (Wildman–Crippen MR) is 81.5 cm³/mol. The van der Waals surface area contributed by atoms with E-state index >= 15 is 0 Å². The second-order valence-corrected chi connectivity index (χ2v) is 5.34. The van der Waals surface area contributed by atoms with Gasteiger partial charge in [-0.05, 0) is 5.56 Å². The summed E-state index contributed by atoms with van der Waals surface area (Å²) in [5, 5.41) is 31.7. The molecule has 0 bridgehead atoms. The maximum Gasteiger partial charge on any atom is 0.338 e. The molecule has 0 aromatic heterocycles. The molecule has 1 aliphatic heterocycles. The summed E-state index contributed by atoms with van der Waals surface area (Å²) in [6.45, 7) is 0.0960. The molecule has 1 heterocycles. The normalized spacial score (nSPS) is 29.9. The van der Waals surface area contributed by atoms with Gasteiger partial charge in [0.15, 0.2) is 6.29 Å². The quantitative estimate of drug-likeness (QED) is 0.414. The maximum absolute atomic E-state index is 11.7. The van der Waals surface area contributed by atoms with Crippen LogP contribution in [0.2, 0.25) is 0 Å². The maximum atomic E-state index is 11.7. The Hall–Kier alpha value is -1.75. The number of urea groups is 1. The molecule has 9 nitrogen and oxygen atoms in total. The van der Waals surface area contributed by atoms with Crippen molar-refractivity contribution < 1.29 is 34.4 Å². The zero-order valence-corrected chi connectivity index (χ0v) is 13.2. The van der Waals surface area contributed by atoms with Crippen molar-refractivity contribution in [3.8, 4) is 0 Å². The first kappa shape index (κ1) is 18.6. The Morgan fingerprint density at radius 1 is 1.17 bits per heavy atom. The van der Waals surface area contributed by atoms with Crippen LogP contribution >= 0.6 is 0 Å². The van der Waals surface area contributed by atoms with Crippen LogP contribution in [0.4, 0.5) is 4.79 Å². The van der Waals surface area contributed by atoms with Gasteiger partial charge in [0.1, 0.15) is 24.4 Å². The second kappa shape index (κ2) is 8.92. The van der Waals surface area contributed by atoms with E-state index < -0.39 is 36.7 Å². The van der Waals surface area contributed by atoms with E-state index in [1.54, 1.807) is 0 Å². The SMILES string of the molecule is CO[C@H]1O[C@H](CNC(=O)NOCc2ccccc2)[C@@H](O)[C@H](O)[C@H]1O. The molecule has 9 heteroatoms. The number of hydrogen-bond donors (Lipinski definition) is 5.